The fourth-order valence-electron chi connectivity index (χ4n) is 11.3. The summed E-state index contributed by atoms with van der Waals surface area (Å²) in [6.45, 7) is 0. The highest BCUT2D eigenvalue weighted by Gasteiger charge is 2.41. The molecule has 12 aromatic rings. The van der Waals surface area contributed by atoms with E-state index in [-0.39, 0.29) is 67.0 Å². The maximum atomic E-state index is 17.4. The van der Waals surface area contributed by atoms with E-state index in [1.54, 1.807) is 150 Å². The van der Waals surface area contributed by atoms with Gasteiger partial charge < -0.3 is 9.13 Å². The van der Waals surface area contributed by atoms with Crippen molar-refractivity contribution in [1.29, 1.82) is 47.4 Å². The quantitative estimate of drug-likeness (QED) is 0.148. The van der Waals surface area contributed by atoms with Crippen LogP contribution >= 0.6 is 0 Å². The molecule has 0 fully saturated rings. The van der Waals surface area contributed by atoms with Gasteiger partial charge in [0.25, 0.3) is 0 Å². The average Bonchev–Trinajstić information content (AvgIpc) is 1.65. The van der Waals surface area contributed by atoms with Crippen LogP contribution in [0.1, 0.15) is 55.6 Å². The smallest absolute Gasteiger partial charge is 0.309 e. The maximum absolute atomic E-state index is 17.4. The first-order valence-corrected chi connectivity index (χ1v) is 25.6. The van der Waals surface area contributed by atoms with E-state index >= 15 is 13.2 Å². The van der Waals surface area contributed by atoms with Crippen molar-refractivity contribution in [2.24, 2.45) is 0 Å². The largest absolute Gasteiger partial charge is 0.420 e. The summed E-state index contributed by atoms with van der Waals surface area (Å²) in [4.78, 5) is 0. The van der Waals surface area contributed by atoms with Gasteiger partial charge in [0, 0.05) is 27.1 Å². The molecule has 2 heterocycles. The second kappa shape index (κ2) is 20.3. The molecule has 0 radical (unpaired) electrons. The van der Waals surface area contributed by atoms with Crippen molar-refractivity contribution in [3.8, 4) is 122 Å². The van der Waals surface area contributed by atoms with Crippen LogP contribution in [0.3, 0.4) is 0 Å². The molecular formula is C70H30F3N11. The number of hydrogen-bond donors (Lipinski definition) is 0. The van der Waals surface area contributed by atoms with Crippen molar-refractivity contribution < 1.29 is 13.2 Å². The molecule has 11 nitrogen and oxygen atoms in total. The second-order valence-electron chi connectivity index (χ2n) is 19.6. The summed E-state index contributed by atoms with van der Waals surface area (Å²) in [6, 6.07) is 67.6. The van der Waals surface area contributed by atoms with Gasteiger partial charge in [0.1, 0.15) is 5.56 Å². The molecule has 0 bridgehead atoms. The zero-order valence-electron chi connectivity index (χ0n) is 43.4. The standard InChI is InChI=1S/C70H30F3N11/c71-70(72,73)68-67(83-63-17-8-46(54-12-4-41(32-75)23-50(54)36-79)27-59(63)60-28-47(9-18-64(60)83)55-13-5-42(33-76)24-51(55)37-80)21-16-58(45-3-1-2-40(22-45)31-74)69(68)84-65-19-10-48(56-14-6-43(34-77)25-52(56)38-81)29-61(65)62-30-49(11-20-66(62)84)57-15-7-44(35-78)26-53(57)39-82/h1-30H. The van der Waals surface area contributed by atoms with E-state index in [4.69, 9.17) is 0 Å². The van der Waals surface area contributed by atoms with Crippen LogP contribution in [-0.2, 0) is 6.18 Å². The number of nitriles is 9. The highest BCUT2D eigenvalue weighted by atomic mass is 19.4. The van der Waals surface area contributed by atoms with Gasteiger partial charge in [0.2, 0.25) is 0 Å². The highest BCUT2D eigenvalue weighted by molar-refractivity contribution is 6.14. The molecular weight excluding hydrogens is 1050 g/mol. The number of fused-ring (bicyclic) bond motifs is 6. The van der Waals surface area contributed by atoms with Crippen molar-refractivity contribution in [3.05, 3.63) is 238 Å². The lowest BCUT2D eigenvalue weighted by Gasteiger charge is -2.24. The zero-order chi connectivity index (χ0) is 58.6. The SMILES string of the molecule is N#Cc1cccc(-c2ccc(-n3c4ccc(-c5ccc(C#N)cc5C#N)cc4c4cc(-c5ccc(C#N)cc5C#N)ccc43)c(C(F)(F)F)c2-n2c3ccc(-c4ccc(C#N)cc4C#N)cc3c3cc(-c4ccc(C#N)cc4C#N)ccc32)c1. The molecule has 0 atom stereocenters. The molecule has 84 heavy (non-hydrogen) atoms. The van der Waals surface area contributed by atoms with Gasteiger partial charge in [-0.25, -0.2) is 0 Å². The first-order valence-electron chi connectivity index (χ1n) is 25.6. The molecule has 14 heteroatoms. The van der Waals surface area contributed by atoms with Crippen LogP contribution in [0.25, 0.3) is 111 Å². The first kappa shape index (κ1) is 51.7. The number of aromatic nitrogens is 2. The predicted octanol–water partition coefficient (Wildman–Crippen LogP) is 16.1. The lowest BCUT2D eigenvalue weighted by Crippen LogP contribution is -2.17. The van der Waals surface area contributed by atoms with Crippen LogP contribution in [0.15, 0.2) is 182 Å². The molecule has 0 amide bonds. The summed E-state index contributed by atoms with van der Waals surface area (Å²) in [5.74, 6) is 0. The normalized spacial score (nSPS) is 10.9. The zero-order valence-corrected chi connectivity index (χ0v) is 43.4. The van der Waals surface area contributed by atoms with Crippen molar-refractivity contribution in [2.75, 3.05) is 0 Å². The number of nitrogens with zero attached hydrogens (tertiary/aromatic N) is 11. The fourth-order valence-corrected chi connectivity index (χ4v) is 11.3. The van der Waals surface area contributed by atoms with E-state index in [1.165, 1.54) is 41.0 Å². The third-order valence-corrected chi connectivity index (χ3v) is 15.1. The van der Waals surface area contributed by atoms with Crippen molar-refractivity contribution in [3.63, 3.8) is 0 Å². The monoisotopic (exact) mass is 1080 g/mol. The molecule has 0 unspecified atom stereocenters. The Morgan fingerprint density at radius 2 is 0.595 bits per heavy atom. The molecule has 0 aliphatic carbocycles. The summed E-state index contributed by atoms with van der Waals surface area (Å²) < 4.78 is 55.2. The summed E-state index contributed by atoms with van der Waals surface area (Å²) in [7, 11) is 0. The van der Waals surface area contributed by atoms with E-state index in [0.29, 0.717) is 93.7 Å². The van der Waals surface area contributed by atoms with Crippen molar-refractivity contribution in [1.82, 2.24) is 9.13 Å². The molecule has 0 aliphatic rings. The second-order valence-corrected chi connectivity index (χ2v) is 19.6. The molecule has 12 rings (SSSR count). The summed E-state index contributed by atoms with van der Waals surface area (Å²) in [5, 5.41) is 92.1. The minimum atomic E-state index is -5.15. The third kappa shape index (κ3) is 8.48. The van der Waals surface area contributed by atoms with E-state index in [9.17, 15) is 47.4 Å². The molecule has 0 N–H and O–H groups in total. The Morgan fingerprint density at radius 3 is 0.917 bits per heavy atom. The van der Waals surface area contributed by atoms with E-state index in [2.05, 4.69) is 54.6 Å². The van der Waals surface area contributed by atoms with Crippen LogP contribution in [0.2, 0.25) is 0 Å². The van der Waals surface area contributed by atoms with Crippen LogP contribution < -0.4 is 0 Å². The molecule has 386 valence electrons. The Kier molecular flexibility index (Phi) is 12.5. The highest BCUT2D eigenvalue weighted by Crippen LogP contribution is 2.49. The van der Waals surface area contributed by atoms with E-state index < -0.39 is 11.7 Å². The molecule has 2 aromatic heterocycles. The summed E-state index contributed by atoms with van der Waals surface area (Å²) >= 11 is 0. The maximum Gasteiger partial charge on any atom is 0.420 e. The Bertz CT molecular complexity index is 5060. The number of benzene rings is 10. The van der Waals surface area contributed by atoms with Gasteiger partial charge in [0.05, 0.1) is 138 Å². The summed E-state index contributed by atoms with van der Waals surface area (Å²) in [5.41, 5.74) is 5.97. The molecule has 0 spiro atoms. The summed E-state index contributed by atoms with van der Waals surface area (Å²) in [6.07, 6.45) is -5.15. The fraction of sp³-hybridized carbons (Fsp3) is 0.0143. The number of rotatable bonds is 7. The molecule has 10 aromatic carbocycles. The topological polar surface area (TPSA) is 224 Å². The molecule has 0 aliphatic heterocycles. The Morgan fingerprint density at radius 1 is 0.286 bits per heavy atom. The third-order valence-electron chi connectivity index (χ3n) is 15.1. The lowest BCUT2D eigenvalue weighted by atomic mass is 9.95. The minimum Gasteiger partial charge on any atom is -0.309 e. The molecule has 0 saturated heterocycles. The number of hydrogen-bond acceptors (Lipinski definition) is 9. The Balaban J connectivity index is 1.22. The van der Waals surface area contributed by atoms with E-state index in [1.807, 2.05) is 0 Å². The van der Waals surface area contributed by atoms with Crippen molar-refractivity contribution in [2.45, 2.75) is 6.18 Å². The molecule has 0 saturated carbocycles. The number of alkyl halides is 3. The van der Waals surface area contributed by atoms with E-state index in [0.717, 1.165) is 0 Å². The number of halogens is 3. The van der Waals surface area contributed by atoms with Gasteiger partial charge in [-0.15, -0.1) is 0 Å². The van der Waals surface area contributed by atoms with Crippen LogP contribution in [0.5, 0.6) is 0 Å². The van der Waals surface area contributed by atoms with Crippen LogP contribution in [0, 0.1) is 102 Å². The first-order chi connectivity index (χ1) is 40.8. The van der Waals surface area contributed by atoms with Gasteiger partial charge in [-0.3, -0.25) is 0 Å². The minimum absolute atomic E-state index is 0.105. The van der Waals surface area contributed by atoms with Crippen molar-refractivity contribution >= 4 is 43.6 Å². The van der Waals surface area contributed by atoms with Gasteiger partial charge in [-0.2, -0.15) is 60.5 Å². The van der Waals surface area contributed by atoms with Gasteiger partial charge in [-0.1, -0.05) is 66.7 Å². The van der Waals surface area contributed by atoms with Gasteiger partial charge in [0.15, 0.2) is 0 Å². The average molecular weight is 1080 g/mol. The Hall–Kier alpha value is -13.0. The van der Waals surface area contributed by atoms with Gasteiger partial charge >= 0.3 is 6.18 Å². The van der Waals surface area contributed by atoms with Crippen LogP contribution in [0.4, 0.5) is 13.2 Å². The Labute approximate surface area is 476 Å². The van der Waals surface area contributed by atoms with Gasteiger partial charge in [-0.05, 0) is 165 Å². The predicted molar refractivity (Wildman–Crippen MR) is 310 cm³/mol. The lowest BCUT2D eigenvalue weighted by molar-refractivity contribution is -0.137. The van der Waals surface area contributed by atoms with Crippen LogP contribution in [-0.4, -0.2) is 9.13 Å².